The molecule has 6 rings (SSSR count). The largest absolute Gasteiger partial charge is 3.00 e. The molecule has 0 bridgehead atoms. The van der Waals surface area contributed by atoms with Crippen LogP contribution in [0.2, 0.25) is 0 Å². The van der Waals surface area contributed by atoms with Gasteiger partial charge in [-0.25, -0.2) is 9.97 Å². The predicted molar refractivity (Wildman–Crippen MR) is 144 cm³/mol. The fourth-order valence-electron chi connectivity index (χ4n) is 4.11. The molecule has 0 aliphatic rings. The summed E-state index contributed by atoms with van der Waals surface area (Å²) in [5.41, 5.74) is 3.02. The SMILES string of the molecule is FC(F)(F)c1ccc(-c2ccc3ccccc3n2)cc1.FC(F)(F)c1ccc(-c2ccc3ccccc3n2)cc1.[Ir+3]. The van der Waals surface area contributed by atoms with Gasteiger partial charge in [0, 0.05) is 21.9 Å². The second kappa shape index (κ2) is 12.2. The van der Waals surface area contributed by atoms with Gasteiger partial charge in [0.15, 0.2) is 0 Å². The minimum atomic E-state index is -4.31. The molecule has 0 spiro atoms. The van der Waals surface area contributed by atoms with Crippen LogP contribution in [0.5, 0.6) is 0 Å². The van der Waals surface area contributed by atoms with Crippen molar-refractivity contribution in [2.75, 3.05) is 0 Å². The number of hydrogen-bond donors (Lipinski definition) is 0. The van der Waals surface area contributed by atoms with E-state index in [0.717, 1.165) is 46.1 Å². The summed E-state index contributed by atoms with van der Waals surface area (Å²) in [6.07, 6.45) is -8.62. The van der Waals surface area contributed by atoms with E-state index < -0.39 is 23.5 Å². The molecule has 0 saturated carbocycles. The van der Waals surface area contributed by atoms with Crippen molar-refractivity contribution in [2.24, 2.45) is 0 Å². The van der Waals surface area contributed by atoms with Crippen molar-refractivity contribution in [3.63, 3.8) is 0 Å². The summed E-state index contributed by atoms with van der Waals surface area (Å²) >= 11 is 0. The minimum Gasteiger partial charge on any atom is -0.248 e. The van der Waals surface area contributed by atoms with E-state index in [4.69, 9.17) is 0 Å². The smallest absolute Gasteiger partial charge is 0.248 e. The second-order valence-electron chi connectivity index (χ2n) is 8.93. The molecule has 0 N–H and O–H groups in total. The van der Waals surface area contributed by atoms with Gasteiger partial charge in [-0.05, 0) is 48.5 Å². The maximum atomic E-state index is 12.5. The van der Waals surface area contributed by atoms with Gasteiger partial charge in [-0.15, -0.1) is 0 Å². The van der Waals surface area contributed by atoms with Gasteiger partial charge in [0.2, 0.25) is 0 Å². The monoisotopic (exact) mass is 739 g/mol. The van der Waals surface area contributed by atoms with E-state index in [1.54, 1.807) is 0 Å². The molecule has 0 atom stereocenters. The molecule has 0 radical (unpaired) electrons. The Morgan fingerprint density at radius 3 is 1.07 bits per heavy atom. The summed E-state index contributed by atoms with van der Waals surface area (Å²) in [6.45, 7) is 0. The molecule has 0 aliphatic heterocycles. The Kier molecular flexibility index (Phi) is 8.90. The number of pyridine rings is 2. The molecule has 4 aromatic carbocycles. The third-order valence-corrected chi connectivity index (χ3v) is 6.21. The van der Waals surface area contributed by atoms with Gasteiger partial charge in [0.1, 0.15) is 0 Å². The molecule has 2 heterocycles. The first-order valence-electron chi connectivity index (χ1n) is 12.1. The molecular formula is C32H20F6IrN2+3. The summed E-state index contributed by atoms with van der Waals surface area (Å²) in [5, 5.41) is 2.01. The second-order valence-corrected chi connectivity index (χ2v) is 8.93. The molecule has 6 aromatic rings. The van der Waals surface area contributed by atoms with E-state index in [-0.39, 0.29) is 20.1 Å². The van der Waals surface area contributed by atoms with Crippen molar-refractivity contribution in [2.45, 2.75) is 12.4 Å². The van der Waals surface area contributed by atoms with E-state index in [1.165, 1.54) is 24.3 Å². The molecule has 0 saturated heterocycles. The number of halogens is 6. The van der Waals surface area contributed by atoms with Crippen LogP contribution >= 0.6 is 0 Å². The van der Waals surface area contributed by atoms with Crippen molar-refractivity contribution in [3.05, 3.63) is 132 Å². The van der Waals surface area contributed by atoms with Crippen molar-refractivity contribution < 1.29 is 46.4 Å². The fourth-order valence-corrected chi connectivity index (χ4v) is 4.11. The van der Waals surface area contributed by atoms with Crippen LogP contribution in [0.1, 0.15) is 11.1 Å². The van der Waals surface area contributed by atoms with Crippen LogP contribution in [0.25, 0.3) is 44.3 Å². The number of alkyl halides is 6. The molecule has 41 heavy (non-hydrogen) atoms. The topological polar surface area (TPSA) is 25.8 Å². The van der Waals surface area contributed by atoms with E-state index in [9.17, 15) is 26.3 Å². The summed E-state index contributed by atoms with van der Waals surface area (Å²) in [5.74, 6) is 0. The molecule has 2 nitrogen and oxygen atoms in total. The van der Waals surface area contributed by atoms with Crippen LogP contribution < -0.4 is 0 Å². The zero-order chi connectivity index (χ0) is 28.3. The number of nitrogens with zero attached hydrogens (tertiary/aromatic N) is 2. The zero-order valence-corrected chi connectivity index (χ0v) is 23.4. The van der Waals surface area contributed by atoms with E-state index >= 15 is 0 Å². The molecule has 206 valence electrons. The van der Waals surface area contributed by atoms with Gasteiger partial charge in [-0.1, -0.05) is 72.8 Å². The zero-order valence-electron chi connectivity index (χ0n) is 21.0. The first-order valence-corrected chi connectivity index (χ1v) is 12.1. The van der Waals surface area contributed by atoms with Crippen LogP contribution in [0, 0.1) is 0 Å². The van der Waals surface area contributed by atoms with Crippen LogP contribution in [-0.4, -0.2) is 9.97 Å². The Morgan fingerprint density at radius 2 is 0.732 bits per heavy atom. The first kappa shape index (κ1) is 29.9. The molecule has 9 heteroatoms. The van der Waals surface area contributed by atoms with Crippen LogP contribution in [0.15, 0.2) is 121 Å². The Labute approximate surface area is 245 Å². The Balaban J connectivity index is 0.000000184. The van der Waals surface area contributed by atoms with Crippen molar-refractivity contribution in [1.82, 2.24) is 9.97 Å². The van der Waals surface area contributed by atoms with Gasteiger partial charge in [-0.2, -0.15) is 26.3 Å². The third kappa shape index (κ3) is 7.17. The predicted octanol–water partition coefficient (Wildman–Crippen LogP) is 9.84. The van der Waals surface area contributed by atoms with Gasteiger partial charge in [0.25, 0.3) is 0 Å². The third-order valence-electron chi connectivity index (χ3n) is 6.21. The summed E-state index contributed by atoms with van der Waals surface area (Å²) in [4.78, 5) is 8.91. The van der Waals surface area contributed by atoms with Crippen LogP contribution in [0.4, 0.5) is 26.3 Å². The van der Waals surface area contributed by atoms with Crippen LogP contribution in [-0.2, 0) is 32.5 Å². The Hall–Kier alpha value is -4.07. The van der Waals surface area contributed by atoms with E-state index in [0.29, 0.717) is 22.5 Å². The summed E-state index contributed by atoms with van der Waals surface area (Å²) in [7, 11) is 0. The van der Waals surface area contributed by atoms with Crippen molar-refractivity contribution in [1.29, 1.82) is 0 Å². The molecule has 0 unspecified atom stereocenters. The van der Waals surface area contributed by atoms with E-state index in [1.807, 2.05) is 72.8 Å². The maximum absolute atomic E-state index is 12.5. The average molecular weight is 739 g/mol. The molecule has 0 fully saturated rings. The van der Waals surface area contributed by atoms with Crippen molar-refractivity contribution in [3.8, 4) is 22.5 Å². The number of aromatic nitrogens is 2. The maximum Gasteiger partial charge on any atom is 3.00 e. The minimum absolute atomic E-state index is 0. The number of benzene rings is 4. The fraction of sp³-hybridized carbons (Fsp3) is 0.0625. The normalized spacial score (nSPS) is 11.5. The van der Waals surface area contributed by atoms with Gasteiger partial charge < -0.3 is 0 Å². The number of para-hydroxylation sites is 2. The molecule has 0 aliphatic carbocycles. The number of rotatable bonds is 2. The van der Waals surface area contributed by atoms with Gasteiger partial charge in [0.05, 0.1) is 33.5 Å². The standard InChI is InChI=1S/2C16H10F3N.Ir/c2*17-16(18,19)13-8-5-12(6-9-13)15-10-7-11-3-1-2-4-14(11)20-15;/h2*1-10H;/q;;+3. The Bertz CT molecular complexity index is 1630. The van der Waals surface area contributed by atoms with Gasteiger partial charge in [-0.3, -0.25) is 0 Å². The molecular weight excluding hydrogens is 719 g/mol. The summed E-state index contributed by atoms with van der Waals surface area (Å²) in [6, 6.07) is 32.8. The quantitative estimate of drug-likeness (QED) is 0.166. The van der Waals surface area contributed by atoms with Gasteiger partial charge >= 0.3 is 32.5 Å². The first-order chi connectivity index (χ1) is 19.1. The number of fused-ring (bicyclic) bond motifs is 2. The molecule has 2 aromatic heterocycles. The van der Waals surface area contributed by atoms with Crippen LogP contribution in [0.3, 0.4) is 0 Å². The van der Waals surface area contributed by atoms with E-state index in [2.05, 4.69) is 9.97 Å². The Morgan fingerprint density at radius 1 is 0.390 bits per heavy atom. The molecule has 0 amide bonds. The summed E-state index contributed by atoms with van der Waals surface area (Å²) < 4.78 is 75.1. The number of hydrogen-bond acceptors (Lipinski definition) is 2. The average Bonchev–Trinajstić information content (AvgIpc) is 2.96. The van der Waals surface area contributed by atoms with Crippen molar-refractivity contribution >= 4 is 21.8 Å².